The number of aliphatic hydroxyl groups is 1. The molecule has 1 amide bonds. The van der Waals surface area contributed by atoms with Crippen molar-refractivity contribution in [3.8, 4) is 6.07 Å². The van der Waals surface area contributed by atoms with Gasteiger partial charge in [-0.2, -0.15) is 5.26 Å². The van der Waals surface area contributed by atoms with E-state index < -0.39 is 0 Å². The van der Waals surface area contributed by atoms with E-state index in [0.717, 1.165) is 48.4 Å². The Morgan fingerprint density at radius 2 is 1.80 bits per heavy atom. The molecule has 2 heterocycles. The van der Waals surface area contributed by atoms with Crippen LogP contribution in [0.15, 0.2) is 60.7 Å². The fourth-order valence-corrected chi connectivity index (χ4v) is 5.93. The van der Waals surface area contributed by atoms with Crippen LogP contribution in [0.1, 0.15) is 39.9 Å². The van der Waals surface area contributed by atoms with E-state index in [0.29, 0.717) is 36.4 Å². The van der Waals surface area contributed by atoms with Gasteiger partial charge in [-0.05, 0) is 74.2 Å². The Morgan fingerprint density at radius 3 is 2.52 bits per heavy atom. The zero-order valence-electron chi connectivity index (χ0n) is 23.1. The monoisotopic (exact) mass is 541 g/mol. The number of halogens is 1. The maximum Gasteiger partial charge on any atom is 0.254 e. The van der Waals surface area contributed by atoms with Gasteiger partial charge in [0.1, 0.15) is 11.9 Å². The van der Waals surface area contributed by atoms with Crippen molar-refractivity contribution in [1.29, 1.82) is 5.26 Å². The molecule has 8 heteroatoms. The summed E-state index contributed by atoms with van der Waals surface area (Å²) >= 11 is 0. The summed E-state index contributed by atoms with van der Waals surface area (Å²) in [5, 5.41) is 23.2. The molecule has 2 saturated heterocycles. The van der Waals surface area contributed by atoms with Gasteiger partial charge in [-0.1, -0.05) is 24.3 Å². The first-order chi connectivity index (χ1) is 19.4. The van der Waals surface area contributed by atoms with Crippen LogP contribution in [0.2, 0.25) is 0 Å². The van der Waals surface area contributed by atoms with E-state index in [-0.39, 0.29) is 30.4 Å². The molecule has 0 bridgehead atoms. The van der Waals surface area contributed by atoms with E-state index in [1.807, 2.05) is 48.2 Å². The molecule has 1 atom stereocenters. The van der Waals surface area contributed by atoms with Gasteiger partial charge in [-0.25, -0.2) is 4.39 Å². The second-order valence-corrected chi connectivity index (χ2v) is 10.8. The second kappa shape index (κ2) is 12.0. The number of amides is 1. The number of piperidine rings is 1. The van der Waals surface area contributed by atoms with Crippen molar-refractivity contribution in [1.82, 2.24) is 4.90 Å². The summed E-state index contributed by atoms with van der Waals surface area (Å²) in [4.78, 5) is 19.7. The Morgan fingerprint density at radius 1 is 1.02 bits per heavy atom. The van der Waals surface area contributed by atoms with Gasteiger partial charge in [0.25, 0.3) is 5.91 Å². The van der Waals surface area contributed by atoms with Crippen LogP contribution in [-0.2, 0) is 0 Å². The number of para-hydroxylation sites is 1. The number of aliphatic hydroxyl groups excluding tert-OH is 1. The number of carbonyl (C=O) groups excluding carboxylic acids is 1. The van der Waals surface area contributed by atoms with Gasteiger partial charge in [-0.3, -0.25) is 4.79 Å². The van der Waals surface area contributed by atoms with Crippen LogP contribution in [0, 0.1) is 31.0 Å². The number of hydrogen-bond donors (Lipinski definition) is 2. The van der Waals surface area contributed by atoms with Crippen molar-refractivity contribution in [3.05, 3.63) is 88.7 Å². The van der Waals surface area contributed by atoms with Crippen molar-refractivity contribution >= 4 is 23.0 Å². The number of nitrogens with one attached hydrogen (secondary N) is 1. The van der Waals surface area contributed by atoms with Crippen LogP contribution in [0.4, 0.5) is 21.5 Å². The molecule has 0 aromatic heterocycles. The van der Waals surface area contributed by atoms with Crippen molar-refractivity contribution in [3.63, 3.8) is 0 Å². The molecule has 3 aromatic rings. The number of hydrogen-bond acceptors (Lipinski definition) is 6. The third-order valence-electron chi connectivity index (χ3n) is 8.14. The van der Waals surface area contributed by atoms with Gasteiger partial charge in [0, 0.05) is 55.7 Å². The van der Waals surface area contributed by atoms with Gasteiger partial charge in [0.15, 0.2) is 0 Å². The Labute approximate surface area is 235 Å². The zero-order valence-corrected chi connectivity index (χ0v) is 23.1. The highest BCUT2D eigenvalue weighted by Crippen LogP contribution is 2.29. The molecule has 5 rings (SSSR count). The lowest BCUT2D eigenvalue weighted by Gasteiger charge is -2.42. The normalized spacial score (nSPS) is 18.0. The number of aryl methyl sites for hydroxylation is 2. The maximum absolute atomic E-state index is 13.8. The van der Waals surface area contributed by atoms with Crippen LogP contribution >= 0.6 is 0 Å². The fraction of sp³-hybridized carbons (Fsp3) is 0.375. The molecular weight excluding hydrogens is 505 g/mol. The molecule has 3 aromatic carbocycles. The van der Waals surface area contributed by atoms with Crippen molar-refractivity contribution in [2.45, 2.75) is 38.8 Å². The predicted molar refractivity (Wildman–Crippen MR) is 156 cm³/mol. The summed E-state index contributed by atoms with van der Waals surface area (Å²) in [5.74, 6) is -0.374. The van der Waals surface area contributed by atoms with Gasteiger partial charge in [0.2, 0.25) is 0 Å². The smallest absolute Gasteiger partial charge is 0.254 e. The highest BCUT2D eigenvalue weighted by atomic mass is 19.1. The highest BCUT2D eigenvalue weighted by molar-refractivity contribution is 5.97. The second-order valence-electron chi connectivity index (χ2n) is 10.8. The highest BCUT2D eigenvalue weighted by Gasteiger charge is 2.31. The minimum absolute atomic E-state index is 0.0548. The quantitative estimate of drug-likeness (QED) is 0.470. The average molecular weight is 542 g/mol. The Balaban J connectivity index is 1.26. The van der Waals surface area contributed by atoms with E-state index in [1.165, 1.54) is 12.1 Å². The SMILES string of the molecule is Cc1cc(C)c(C(=O)N2CCN(c3cccc(F)c3)[C@@H](CO)C2)cc1NC1CCN(c2ccccc2C#N)CC1. The number of nitriles is 1. The number of rotatable bonds is 6. The van der Waals surface area contributed by atoms with Gasteiger partial charge >= 0.3 is 0 Å². The molecule has 7 nitrogen and oxygen atoms in total. The number of benzene rings is 3. The lowest BCUT2D eigenvalue weighted by Crippen LogP contribution is -2.56. The summed E-state index contributed by atoms with van der Waals surface area (Å²) < 4.78 is 13.8. The summed E-state index contributed by atoms with van der Waals surface area (Å²) in [7, 11) is 0. The van der Waals surface area contributed by atoms with Crippen LogP contribution in [0.25, 0.3) is 0 Å². The molecule has 2 N–H and O–H groups in total. The lowest BCUT2D eigenvalue weighted by atomic mass is 9.99. The molecule has 0 spiro atoms. The first kappa shape index (κ1) is 27.5. The molecule has 208 valence electrons. The maximum atomic E-state index is 13.8. The number of piperazine rings is 1. The molecule has 2 fully saturated rings. The van der Waals surface area contributed by atoms with Gasteiger partial charge in [-0.15, -0.1) is 0 Å². The lowest BCUT2D eigenvalue weighted by molar-refractivity contribution is 0.0698. The van der Waals surface area contributed by atoms with E-state index >= 15 is 0 Å². The van der Waals surface area contributed by atoms with Crippen LogP contribution < -0.4 is 15.1 Å². The third kappa shape index (κ3) is 5.75. The molecule has 0 saturated carbocycles. The molecular formula is C32H36FN5O2. The van der Waals surface area contributed by atoms with Crippen molar-refractivity contribution < 1.29 is 14.3 Å². The van der Waals surface area contributed by atoms with E-state index in [2.05, 4.69) is 29.3 Å². The summed E-state index contributed by atoms with van der Waals surface area (Å²) in [6.07, 6.45) is 1.85. The third-order valence-corrected chi connectivity index (χ3v) is 8.14. The van der Waals surface area contributed by atoms with Gasteiger partial charge < -0.3 is 25.1 Å². The summed E-state index contributed by atoms with van der Waals surface area (Å²) in [6, 6.07) is 20.4. The number of carbonyl (C=O) groups is 1. The van der Waals surface area contributed by atoms with E-state index in [9.17, 15) is 19.6 Å². The fourth-order valence-electron chi connectivity index (χ4n) is 5.93. The topological polar surface area (TPSA) is 82.8 Å². The molecule has 2 aliphatic rings. The number of anilines is 3. The Kier molecular flexibility index (Phi) is 8.22. The minimum atomic E-state index is -0.319. The molecule has 0 unspecified atom stereocenters. The molecule has 0 radical (unpaired) electrons. The zero-order chi connectivity index (χ0) is 28.2. The first-order valence-corrected chi connectivity index (χ1v) is 13.9. The largest absolute Gasteiger partial charge is 0.394 e. The summed E-state index contributed by atoms with van der Waals surface area (Å²) in [5.41, 5.74) is 6.03. The van der Waals surface area contributed by atoms with Crippen LogP contribution in [0.3, 0.4) is 0 Å². The van der Waals surface area contributed by atoms with E-state index in [1.54, 1.807) is 11.0 Å². The number of nitrogens with zero attached hydrogens (tertiary/aromatic N) is 4. The van der Waals surface area contributed by atoms with Crippen LogP contribution in [0.5, 0.6) is 0 Å². The minimum Gasteiger partial charge on any atom is -0.394 e. The molecule has 40 heavy (non-hydrogen) atoms. The average Bonchev–Trinajstić information content (AvgIpc) is 2.98. The van der Waals surface area contributed by atoms with Crippen LogP contribution in [-0.4, -0.2) is 67.3 Å². The Hall–Kier alpha value is -4.09. The van der Waals surface area contributed by atoms with Crippen molar-refractivity contribution in [2.75, 3.05) is 54.4 Å². The predicted octanol–water partition coefficient (Wildman–Crippen LogP) is 4.72. The van der Waals surface area contributed by atoms with Crippen molar-refractivity contribution in [2.24, 2.45) is 0 Å². The molecule has 2 aliphatic heterocycles. The summed E-state index contributed by atoms with van der Waals surface area (Å²) in [6.45, 7) is 6.97. The first-order valence-electron chi connectivity index (χ1n) is 13.9. The van der Waals surface area contributed by atoms with Gasteiger partial charge in [0.05, 0.1) is 23.9 Å². The van der Waals surface area contributed by atoms with E-state index in [4.69, 9.17) is 0 Å². The molecule has 0 aliphatic carbocycles. The Bertz CT molecular complexity index is 1410. The standard InChI is InChI=1S/C32H36FN5O2/c1-22-16-23(2)30(35-26-10-12-36(13-11-26)31-9-4-3-6-24(31)19-34)18-29(22)32(40)37-14-15-38(28(20-37)21-39)27-8-5-7-25(33)17-27/h3-9,16-18,26,28,35,39H,10-15,20-21H2,1-2H3/t28-/m1/s1.